The normalized spacial score (nSPS) is 13.8. The molecule has 0 rings (SSSR count). The van der Waals surface area contributed by atoms with Crippen LogP contribution in [-0.2, 0) is 27.9 Å². The van der Waals surface area contributed by atoms with Crippen LogP contribution in [0.5, 0.6) is 0 Å². The number of nitrogens with zero attached hydrogens (tertiary/aromatic N) is 1. The molecule has 0 aromatic rings. The lowest BCUT2D eigenvalue weighted by Crippen LogP contribution is -2.37. The van der Waals surface area contributed by atoms with Crippen molar-refractivity contribution >= 4 is 13.8 Å². The van der Waals surface area contributed by atoms with E-state index in [4.69, 9.17) is 18.5 Å². The SMILES string of the molecule is CCCCCC/C=C\C/C=C\CCCCCCCCCCOCC(COP(=O)([O-])OCC[N+](C)(C)C)OC(=O)CCCCCCCCCCCCCCCCCCC. The summed E-state index contributed by atoms with van der Waals surface area (Å²) in [4.78, 5) is 25.1. The van der Waals surface area contributed by atoms with E-state index in [9.17, 15) is 14.3 Å². The van der Waals surface area contributed by atoms with Crippen molar-refractivity contribution in [3.63, 3.8) is 0 Å². The molecule has 0 amide bonds. The summed E-state index contributed by atoms with van der Waals surface area (Å²) in [5.74, 6) is -0.332. The first kappa shape index (κ1) is 57.0. The third-order valence-electron chi connectivity index (χ3n) is 10.8. The zero-order valence-corrected chi connectivity index (χ0v) is 39.9. The Labute approximate surface area is 360 Å². The molecule has 2 atom stereocenters. The molecule has 0 aliphatic carbocycles. The Bertz CT molecular complexity index is 983. The highest BCUT2D eigenvalue weighted by molar-refractivity contribution is 7.45. The molecule has 0 aliphatic rings. The fourth-order valence-corrected chi connectivity index (χ4v) is 7.66. The van der Waals surface area contributed by atoms with Gasteiger partial charge < -0.3 is 27.9 Å². The molecule has 0 radical (unpaired) electrons. The van der Waals surface area contributed by atoms with E-state index in [1.807, 2.05) is 21.1 Å². The largest absolute Gasteiger partial charge is 0.756 e. The number of hydrogen-bond acceptors (Lipinski definition) is 7. The van der Waals surface area contributed by atoms with Gasteiger partial charge in [-0.25, -0.2) is 0 Å². The average molecular weight is 842 g/mol. The van der Waals surface area contributed by atoms with E-state index in [0.717, 1.165) is 38.5 Å². The van der Waals surface area contributed by atoms with Gasteiger partial charge >= 0.3 is 5.97 Å². The van der Waals surface area contributed by atoms with Crippen LogP contribution in [-0.4, -0.2) is 70.7 Å². The van der Waals surface area contributed by atoms with E-state index in [1.165, 1.54) is 167 Å². The fraction of sp³-hybridized carbons (Fsp3) is 0.898. The number of ether oxygens (including phenoxy) is 2. The maximum atomic E-state index is 12.7. The lowest BCUT2D eigenvalue weighted by Gasteiger charge is -2.28. The smallest absolute Gasteiger partial charge is 0.306 e. The van der Waals surface area contributed by atoms with Gasteiger partial charge in [0.1, 0.15) is 19.3 Å². The van der Waals surface area contributed by atoms with Gasteiger partial charge in [0.2, 0.25) is 0 Å². The summed E-state index contributed by atoms with van der Waals surface area (Å²) in [7, 11) is 1.36. The Balaban J connectivity index is 4.16. The van der Waals surface area contributed by atoms with E-state index >= 15 is 0 Å². The molecule has 0 N–H and O–H groups in total. The van der Waals surface area contributed by atoms with Crippen molar-refractivity contribution in [3.05, 3.63) is 24.3 Å². The summed E-state index contributed by atoms with van der Waals surface area (Å²) in [5, 5.41) is 0. The van der Waals surface area contributed by atoms with Gasteiger partial charge in [0, 0.05) is 13.0 Å². The van der Waals surface area contributed by atoms with Gasteiger partial charge in [-0.2, -0.15) is 0 Å². The Morgan fingerprint density at radius 1 is 0.534 bits per heavy atom. The Morgan fingerprint density at radius 3 is 1.41 bits per heavy atom. The van der Waals surface area contributed by atoms with Crippen molar-refractivity contribution in [1.29, 1.82) is 0 Å². The lowest BCUT2D eigenvalue weighted by atomic mass is 10.0. The Hall–Kier alpha value is -1.02. The number of phosphoric ester groups is 1. The van der Waals surface area contributed by atoms with Crippen LogP contribution in [0, 0.1) is 0 Å². The standard InChI is InChI=1S/C49H96NO7P/c1-6-8-10-12-14-16-18-20-22-24-25-27-29-31-33-35-37-39-41-44-54-46-48(47-56-58(52,53)55-45-43-50(3,4)5)57-49(51)42-40-38-36-34-32-30-28-26-23-21-19-17-15-13-11-9-7-2/h16,18,22,24,48H,6-15,17,19-21,23,25-47H2,1-5H3/b18-16-,24-22-. The molecule has 0 fully saturated rings. The predicted octanol–water partition coefficient (Wildman–Crippen LogP) is 14.1. The number of quaternary nitrogens is 1. The van der Waals surface area contributed by atoms with Crippen LogP contribution in [0.4, 0.5) is 0 Å². The lowest BCUT2D eigenvalue weighted by molar-refractivity contribution is -0.870. The maximum Gasteiger partial charge on any atom is 0.306 e. The highest BCUT2D eigenvalue weighted by Crippen LogP contribution is 2.38. The summed E-state index contributed by atoms with van der Waals surface area (Å²) >= 11 is 0. The average Bonchev–Trinajstić information content (AvgIpc) is 3.18. The van der Waals surface area contributed by atoms with Gasteiger partial charge in [0.15, 0.2) is 0 Å². The van der Waals surface area contributed by atoms with E-state index in [1.54, 1.807) is 0 Å². The summed E-state index contributed by atoms with van der Waals surface area (Å²) in [5.41, 5.74) is 0. The minimum atomic E-state index is -4.53. The number of likely N-dealkylation sites (N-methyl/N-ethyl adjacent to an activating group) is 1. The van der Waals surface area contributed by atoms with Crippen LogP contribution in [0.25, 0.3) is 0 Å². The summed E-state index contributed by atoms with van der Waals surface area (Å²) < 4.78 is 34.7. The number of esters is 1. The molecule has 0 saturated heterocycles. The fourth-order valence-electron chi connectivity index (χ4n) is 6.93. The van der Waals surface area contributed by atoms with Gasteiger partial charge in [0.25, 0.3) is 7.82 Å². The molecule has 9 heteroatoms. The highest BCUT2D eigenvalue weighted by atomic mass is 31.2. The number of carbonyl (C=O) groups excluding carboxylic acids is 1. The number of hydrogen-bond donors (Lipinski definition) is 0. The minimum Gasteiger partial charge on any atom is -0.756 e. The molecule has 0 aliphatic heterocycles. The van der Waals surface area contributed by atoms with Crippen LogP contribution < -0.4 is 4.89 Å². The highest BCUT2D eigenvalue weighted by Gasteiger charge is 2.20. The quantitative estimate of drug-likeness (QED) is 0.0198. The van der Waals surface area contributed by atoms with Crippen molar-refractivity contribution < 1.29 is 37.3 Å². The van der Waals surface area contributed by atoms with Crippen LogP contribution in [0.3, 0.4) is 0 Å². The zero-order valence-electron chi connectivity index (χ0n) is 39.0. The van der Waals surface area contributed by atoms with Crippen LogP contribution in [0.2, 0.25) is 0 Å². The molecule has 0 heterocycles. The summed E-state index contributed by atoms with van der Waals surface area (Å²) in [6.45, 7) is 5.42. The van der Waals surface area contributed by atoms with Gasteiger partial charge in [-0.3, -0.25) is 9.36 Å². The van der Waals surface area contributed by atoms with E-state index in [0.29, 0.717) is 24.1 Å². The van der Waals surface area contributed by atoms with Crippen LogP contribution >= 0.6 is 7.82 Å². The molecular formula is C49H96NO7P. The van der Waals surface area contributed by atoms with E-state index in [2.05, 4.69) is 38.2 Å². The molecule has 0 aromatic heterocycles. The molecule has 344 valence electrons. The van der Waals surface area contributed by atoms with Crippen molar-refractivity contribution in [2.75, 3.05) is 54.1 Å². The van der Waals surface area contributed by atoms with Gasteiger partial charge in [-0.1, -0.05) is 199 Å². The first-order valence-corrected chi connectivity index (χ1v) is 26.0. The van der Waals surface area contributed by atoms with Crippen molar-refractivity contribution in [3.8, 4) is 0 Å². The van der Waals surface area contributed by atoms with Crippen molar-refractivity contribution in [2.24, 2.45) is 0 Å². The van der Waals surface area contributed by atoms with E-state index in [-0.39, 0.29) is 25.8 Å². The molecule has 58 heavy (non-hydrogen) atoms. The zero-order chi connectivity index (χ0) is 42.7. The minimum absolute atomic E-state index is 0.0271. The molecule has 0 saturated carbocycles. The van der Waals surface area contributed by atoms with Gasteiger partial charge in [0.05, 0.1) is 34.4 Å². The molecule has 2 unspecified atom stereocenters. The molecule has 0 spiro atoms. The summed E-state index contributed by atoms with van der Waals surface area (Å²) in [6.07, 6.45) is 49.0. The Kier molecular flexibility index (Phi) is 41.9. The first-order valence-electron chi connectivity index (χ1n) is 24.6. The Morgan fingerprint density at radius 2 is 0.948 bits per heavy atom. The summed E-state index contributed by atoms with van der Waals surface area (Å²) in [6, 6.07) is 0. The van der Waals surface area contributed by atoms with Gasteiger partial charge in [-0.05, 0) is 44.9 Å². The first-order chi connectivity index (χ1) is 28.1. The third-order valence-corrected chi connectivity index (χ3v) is 11.7. The third kappa shape index (κ3) is 46.1. The maximum absolute atomic E-state index is 12.7. The predicted molar refractivity (Wildman–Crippen MR) is 245 cm³/mol. The molecular weight excluding hydrogens is 746 g/mol. The molecule has 8 nitrogen and oxygen atoms in total. The van der Waals surface area contributed by atoms with Crippen LogP contribution in [0.15, 0.2) is 24.3 Å². The number of allylic oxidation sites excluding steroid dienone is 4. The number of phosphoric acid groups is 1. The number of carbonyl (C=O) groups is 1. The molecule has 0 bridgehead atoms. The second-order valence-corrected chi connectivity index (χ2v) is 19.2. The van der Waals surface area contributed by atoms with Gasteiger partial charge in [-0.15, -0.1) is 0 Å². The number of unbranched alkanes of at least 4 members (excludes halogenated alkanes) is 28. The van der Waals surface area contributed by atoms with Crippen molar-refractivity contribution in [2.45, 2.75) is 232 Å². The number of rotatable bonds is 46. The van der Waals surface area contributed by atoms with E-state index < -0.39 is 13.9 Å². The van der Waals surface area contributed by atoms with Crippen LogP contribution in [0.1, 0.15) is 226 Å². The molecule has 0 aromatic carbocycles. The van der Waals surface area contributed by atoms with Crippen molar-refractivity contribution in [1.82, 2.24) is 0 Å². The second-order valence-electron chi connectivity index (χ2n) is 17.8. The topological polar surface area (TPSA) is 94.1 Å². The monoisotopic (exact) mass is 842 g/mol. The second kappa shape index (κ2) is 42.7.